The van der Waals surface area contributed by atoms with Crippen molar-refractivity contribution in [3.8, 4) is 0 Å². The topological polar surface area (TPSA) is 132 Å². The number of imidazole rings is 3. The lowest BCUT2D eigenvalue weighted by Gasteiger charge is -2.05. The molecule has 224 valence electrons. The molecule has 6 aromatic rings. The van der Waals surface area contributed by atoms with Gasteiger partial charge in [0.2, 0.25) is 0 Å². The molecular weight excluding hydrogens is 534 g/mol. The fraction of sp³-hybridized carbons (Fsp3) is 0.382. The Morgan fingerprint density at radius 3 is 1.86 bits per heavy atom. The van der Waals surface area contributed by atoms with Gasteiger partial charge in [0.15, 0.2) is 0 Å². The molecule has 8 rings (SSSR count). The third-order valence-corrected chi connectivity index (χ3v) is 8.43. The highest BCUT2D eigenvalue weighted by Crippen LogP contribution is 2.41. The summed E-state index contributed by atoms with van der Waals surface area (Å²) < 4.78 is 6.61. The summed E-state index contributed by atoms with van der Waals surface area (Å²) in [6, 6.07) is 16.4. The van der Waals surface area contributed by atoms with Gasteiger partial charge in [-0.1, -0.05) is 13.8 Å². The van der Waals surface area contributed by atoms with Crippen LogP contribution in [-0.2, 0) is 14.1 Å². The highest BCUT2D eigenvalue weighted by atomic mass is 15.1. The Morgan fingerprint density at radius 2 is 1.28 bits per heavy atom. The molecule has 0 spiro atoms. The maximum atomic E-state index is 5.88. The molecule has 0 radical (unpaired) electrons. The van der Waals surface area contributed by atoms with Gasteiger partial charge in [-0.05, 0) is 93.6 Å². The molecule has 43 heavy (non-hydrogen) atoms. The molecule has 0 atom stereocenters. The minimum absolute atomic E-state index is 0.439. The SMILES string of the molecule is CC(C)c1nc2ccc(N)cc2n1C.Cc1cc(N)cc2c1nc(C)n2C1CC1.Cn1c(C2CC2)nc2ccc(N)cc21. The van der Waals surface area contributed by atoms with E-state index in [-0.39, 0.29) is 0 Å². The molecule has 6 N–H and O–H groups in total. The summed E-state index contributed by atoms with van der Waals surface area (Å²) in [4.78, 5) is 13.8. The summed E-state index contributed by atoms with van der Waals surface area (Å²) in [5.41, 5.74) is 27.6. The first kappa shape index (κ1) is 28.6. The first-order chi connectivity index (χ1) is 20.5. The fourth-order valence-corrected chi connectivity index (χ4v) is 5.98. The van der Waals surface area contributed by atoms with Crippen LogP contribution >= 0.6 is 0 Å². The van der Waals surface area contributed by atoms with Crippen molar-refractivity contribution in [1.82, 2.24) is 28.7 Å². The predicted molar refractivity (Wildman–Crippen MR) is 178 cm³/mol. The van der Waals surface area contributed by atoms with Crippen molar-refractivity contribution >= 4 is 50.2 Å². The minimum Gasteiger partial charge on any atom is -0.399 e. The Morgan fingerprint density at radius 1 is 0.698 bits per heavy atom. The van der Waals surface area contributed by atoms with Gasteiger partial charge in [0.05, 0.1) is 33.1 Å². The standard InChI is InChI=1S/C12H15N3.C11H13N3.C11H15N3/c1-7-5-9(13)6-11-12(7)14-8(2)15(11)10-3-4-10;1-14-10-6-8(12)4-5-9(10)13-11(14)7-2-3-7;1-7(2)11-13-9-5-4-8(12)6-10(9)14(11)3/h5-6,10H,3-4,13H2,1-2H3;4-7H,2-3,12H2,1H3;4-7H,12H2,1-3H3. The summed E-state index contributed by atoms with van der Waals surface area (Å²) in [6.45, 7) is 8.44. The molecule has 2 aliphatic carbocycles. The number of nitrogens with two attached hydrogens (primary N) is 3. The van der Waals surface area contributed by atoms with Crippen LogP contribution in [0.4, 0.5) is 17.1 Å². The number of rotatable bonds is 3. The molecule has 9 nitrogen and oxygen atoms in total. The zero-order chi connectivity index (χ0) is 30.6. The van der Waals surface area contributed by atoms with Crippen LogP contribution in [0.2, 0.25) is 0 Å². The lowest BCUT2D eigenvalue weighted by atomic mass is 10.2. The number of hydrogen-bond donors (Lipinski definition) is 3. The van der Waals surface area contributed by atoms with Crippen LogP contribution in [0.15, 0.2) is 48.5 Å². The van der Waals surface area contributed by atoms with Gasteiger partial charge in [-0.2, -0.15) is 0 Å². The second kappa shape index (κ2) is 10.9. The van der Waals surface area contributed by atoms with E-state index in [2.05, 4.69) is 63.4 Å². The first-order valence-electron chi connectivity index (χ1n) is 15.2. The summed E-state index contributed by atoms with van der Waals surface area (Å²) >= 11 is 0. The third kappa shape index (κ3) is 5.63. The summed E-state index contributed by atoms with van der Waals surface area (Å²) in [7, 11) is 4.10. The second-order valence-electron chi connectivity index (χ2n) is 12.4. The van der Waals surface area contributed by atoms with E-state index in [0.29, 0.717) is 17.9 Å². The zero-order valence-electron chi connectivity index (χ0n) is 26.1. The van der Waals surface area contributed by atoms with E-state index in [1.807, 2.05) is 55.6 Å². The molecule has 0 saturated heterocycles. The van der Waals surface area contributed by atoms with Crippen molar-refractivity contribution in [1.29, 1.82) is 0 Å². The van der Waals surface area contributed by atoms with Gasteiger partial charge in [0.1, 0.15) is 17.5 Å². The maximum Gasteiger partial charge on any atom is 0.112 e. The smallest absolute Gasteiger partial charge is 0.112 e. The van der Waals surface area contributed by atoms with Gasteiger partial charge in [-0.25, -0.2) is 15.0 Å². The summed E-state index contributed by atoms with van der Waals surface area (Å²) in [5, 5.41) is 0. The van der Waals surface area contributed by atoms with E-state index >= 15 is 0 Å². The Balaban J connectivity index is 0.000000115. The minimum atomic E-state index is 0.439. The van der Waals surface area contributed by atoms with Crippen molar-refractivity contribution in [2.24, 2.45) is 14.1 Å². The second-order valence-corrected chi connectivity index (χ2v) is 12.4. The number of aromatic nitrogens is 6. The van der Waals surface area contributed by atoms with Crippen molar-refractivity contribution in [2.75, 3.05) is 17.2 Å². The number of nitrogens with zero attached hydrogens (tertiary/aromatic N) is 6. The normalized spacial score (nSPS) is 14.7. The number of benzene rings is 3. The van der Waals surface area contributed by atoms with Crippen LogP contribution in [0.25, 0.3) is 33.1 Å². The van der Waals surface area contributed by atoms with E-state index in [9.17, 15) is 0 Å². The van der Waals surface area contributed by atoms with Crippen LogP contribution < -0.4 is 17.2 Å². The molecular formula is C34H43N9. The van der Waals surface area contributed by atoms with Gasteiger partial charge < -0.3 is 30.9 Å². The molecule has 2 fully saturated rings. The van der Waals surface area contributed by atoms with E-state index in [0.717, 1.165) is 56.3 Å². The zero-order valence-corrected chi connectivity index (χ0v) is 26.1. The van der Waals surface area contributed by atoms with E-state index < -0.39 is 0 Å². The molecule has 2 saturated carbocycles. The van der Waals surface area contributed by atoms with Crippen molar-refractivity contribution in [3.63, 3.8) is 0 Å². The number of nitrogen functional groups attached to an aromatic ring is 3. The first-order valence-corrected chi connectivity index (χ1v) is 15.2. The maximum absolute atomic E-state index is 5.88. The molecule has 3 heterocycles. The molecule has 3 aromatic carbocycles. The van der Waals surface area contributed by atoms with Crippen LogP contribution in [-0.4, -0.2) is 28.7 Å². The van der Waals surface area contributed by atoms with Gasteiger partial charge in [-0.3, -0.25) is 0 Å². The fourth-order valence-electron chi connectivity index (χ4n) is 5.98. The Labute approximate surface area is 252 Å². The Kier molecular flexibility index (Phi) is 7.28. The van der Waals surface area contributed by atoms with E-state index in [4.69, 9.17) is 17.2 Å². The lowest BCUT2D eigenvalue weighted by molar-refractivity contribution is 0.722. The van der Waals surface area contributed by atoms with Gasteiger partial charge in [0.25, 0.3) is 0 Å². The van der Waals surface area contributed by atoms with Crippen LogP contribution in [0.5, 0.6) is 0 Å². The predicted octanol–water partition coefficient (Wildman–Crippen LogP) is 6.88. The van der Waals surface area contributed by atoms with Crippen molar-refractivity contribution in [3.05, 3.63) is 71.6 Å². The Bertz CT molecular complexity index is 1860. The largest absolute Gasteiger partial charge is 0.399 e. The highest BCUT2D eigenvalue weighted by Gasteiger charge is 2.29. The quantitative estimate of drug-likeness (QED) is 0.196. The average Bonchev–Trinajstić information content (AvgIpc) is 3.89. The summed E-state index contributed by atoms with van der Waals surface area (Å²) in [5.74, 6) is 4.56. The summed E-state index contributed by atoms with van der Waals surface area (Å²) in [6.07, 6.45) is 5.12. The molecule has 0 amide bonds. The van der Waals surface area contributed by atoms with Gasteiger partial charge in [0, 0.05) is 49.0 Å². The van der Waals surface area contributed by atoms with E-state index in [1.54, 1.807) is 0 Å². The van der Waals surface area contributed by atoms with Crippen LogP contribution in [0.3, 0.4) is 0 Å². The van der Waals surface area contributed by atoms with Gasteiger partial charge in [-0.15, -0.1) is 0 Å². The Hall–Kier alpha value is -4.53. The monoisotopic (exact) mass is 577 g/mol. The number of fused-ring (bicyclic) bond motifs is 3. The number of anilines is 3. The van der Waals surface area contributed by atoms with Gasteiger partial charge >= 0.3 is 0 Å². The van der Waals surface area contributed by atoms with Crippen LogP contribution in [0.1, 0.15) is 80.4 Å². The molecule has 0 unspecified atom stereocenters. The number of aryl methyl sites for hydroxylation is 4. The van der Waals surface area contributed by atoms with Crippen molar-refractivity contribution in [2.45, 2.75) is 71.3 Å². The molecule has 9 heteroatoms. The lowest BCUT2D eigenvalue weighted by Crippen LogP contribution is -1.99. The average molecular weight is 578 g/mol. The molecule has 3 aromatic heterocycles. The van der Waals surface area contributed by atoms with Crippen LogP contribution in [0, 0.1) is 13.8 Å². The molecule has 0 aliphatic heterocycles. The molecule has 0 bridgehead atoms. The molecule has 2 aliphatic rings. The number of hydrogen-bond acceptors (Lipinski definition) is 6. The van der Waals surface area contributed by atoms with E-state index in [1.165, 1.54) is 42.6 Å². The van der Waals surface area contributed by atoms with Crippen molar-refractivity contribution < 1.29 is 0 Å². The third-order valence-electron chi connectivity index (χ3n) is 8.43. The highest BCUT2D eigenvalue weighted by molar-refractivity contribution is 5.83.